The van der Waals surface area contributed by atoms with Gasteiger partial charge < -0.3 is 29.2 Å². The number of nitrogens with zero attached hydrogens (tertiary/aromatic N) is 2. The van der Waals surface area contributed by atoms with Crippen LogP contribution in [0.25, 0.3) is 0 Å². The summed E-state index contributed by atoms with van der Waals surface area (Å²) in [5, 5.41) is 25.4. The summed E-state index contributed by atoms with van der Waals surface area (Å²) in [5.41, 5.74) is 2.79. The average Bonchev–Trinajstić information content (AvgIpc) is 3.66. The number of rotatable bonds is 6. The minimum atomic E-state index is -0.709. The van der Waals surface area contributed by atoms with Crippen molar-refractivity contribution >= 4 is 5.97 Å². The number of carbonyl (C=O) groups is 1. The highest BCUT2D eigenvalue weighted by molar-refractivity contribution is 5.68. The molecule has 10 unspecified atom stereocenters. The normalized spacial score (nSPS) is 37.0. The monoisotopic (exact) mass is 690 g/mol. The summed E-state index contributed by atoms with van der Waals surface area (Å²) in [5.74, 6) is 5.21. The Hall–Kier alpha value is -3.17. The van der Waals surface area contributed by atoms with Gasteiger partial charge in [-0.2, -0.15) is 0 Å². The number of aromatic hydroxyl groups is 2. The first kappa shape index (κ1) is 35.2. The third-order valence-corrected chi connectivity index (χ3v) is 13.7. The van der Waals surface area contributed by atoms with Crippen molar-refractivity contribution in [2.75, 3.05) is 41.4 Å². The fourth-order valence-electron chi connectivity index (χ4n) is 11.6. The highest BCUT2D eigenvalue weighted by Crippen LogP contribution is 2.63. The van der Waals surface area contributed by atoms with Crippen LogP contribution in [0.1, 0.15) is 101 Å². The lowest BCUT2D eigenvalue weighted by Gasteiger charge is -2.49. The molecule has 274 valence electrons. The van der Waals surface area contributed by atoms with Gasteiger partial charge in [0.2, 0.25) is 0 Å². The van der Waals surface area contributed by atoms with Gasteiger partial charge in [0.05, 0.1) is 25.3 Å². The second-order valence-corrected chi connectivity index (χ2v) is 16.7. The van der Waals surface area contributed by atoms with E-state index in [9.17, 15) is 15.0 Å². The molecule has 2 saturated heterocycles. The van der Waals surface area contributed by atoms with E-state index in [1.54, 1.807) is 14.2 Å². The molecule has 0 bridgehead atoms. The number of methoxy groups -OCH3 is 2. The molecule has 9 heteroatoms. The Morgan fingerprint density at radius 1 is 0.780 bits per heavy atom. The van der Waals surface area contributed by atoms with Crippen LogP contribution in [0.2, 0.25) is 0 Å². The average molecular weight is 691 g/mol. The number of carbonyl (C=O) groups excluding carboxylic acids is 1. The quantitative estimate of drug-likeness (QED) is 0.303. The first-order chi connectivity index (χ1) is 23.9. The molecule has 9 nitrogen and oxygen atoms in total. The summed E-state index contributed by atoms with van der Waals surface area (Å²) in [6, 6.07) is 5.37. The minimum Gasteiger partial charge on any atom is -0.507 e. The van der Waals surface area contributed by atoms with E-state index in [2.05, 4.69) is 51.6 Å². The molecule has 12 atom stereocenters. The van der Waals surface area contributed by atoms with Gasteiger partial charge in [-0.15, -0.1) is 0 Å². The molecule has 2 aromatic rings. The summed E-state index contributed by atoms with van der Waals surface area (Å²) >= 11 is 0. The zero-order valence-electron chi connectivity index (χ0n) is 31.4. The van der Waals surface area contributed by atoms with E-state index >= 15 is 0 Å². The Balaban J connectivity index is 1.46. The molecule has 5 aliphatic rings. The van der Waals surface area contributed by atoms with Crippen LogP contribution in [0.3, 0.4) is 0 Å². The SMILES string of the molecule is COc1ccc([C@H]2Oc3c(c(O)c(C4C5C(C)CCC5C(C)CN4C)c(O)c3C3C4C(C)CCC4C(C)CN3C)C[C@@H]2OC(C)=O)cc1OC. The standard InChI is InChI=1S/C41H58N2O7/c1-20-10-13-26-22(3)18-42(6)36(32(20)26)34-38(45)28-17-31(49-24(5)44)40(25-12-15-29(47-8)30(16-25)48-9)50-41(28)35(39(34)46)37-33-21(2)11-14-27(33)23(4)19-43(37)7/h12,15-16,20-23,26-27,31-33,36-37,40,45-46H,10-11,13-14,17-19H2,1-9H3/t20?,21?,22?,23?,26?,27?,31-,32?,33?,36?,37?,40+/m0/s1. The Labute approximate surface area is 298 Å². The lowest BCUT2D eigenvalue weighted by atomic mass is 9.68. The predicted molar refractivity (Wildman–Crippen MR) is 192 cm³/mol. The molecule has 2 saturated carbocycles. The summed E-state index contributed by atoms with van der Waals surface area (Å²) in [6.45, 7) is 12.7. The maximum atomic E-state index is 12.9. The Kier molecular flexibility index (Phi) is 9.46. The highest BCUT2D eigenvalue weighted by atomic mass is 16.6. The second-order valence-electron chi connectivity index (χ2n) is 16.7. The van der Waals surface area contributed by atoms with Crippen molar-refractivity contribution in [2.45, 2.75) is 91.0 Å². The van der Waals surface area contributed by atoms with Gasteiger partial charge in [0, 0.05) is 49.6 Å². The molecule has 2 N–H and O–H groups in total. The van der Waals surface area contributed by atoms with Crippen molar-refractivity contribution in [1.29, 1.82) is 0 Å². The first-order valence-electron chi connectivity index (χ1n) is 18.9. The Morgan fingerprint density at radius 3 is 1.88 bits per heavy atom. The lowest BCUT2D eigenvalue weighted by molar-refractivity contribution is -0.152. The van der Waals surface area contributed by atoms with Gasteiger partial charge in [-0.05, 0) is 86.4 Å². The Bertz CT molecular complexity index is 1610. The molecule has 3 heterocycles. The van der Waals surface area contributed by atoms with Crippen molar-refractivity contribution in [1.82, 2.24) is 9.80 Å². The van der Waals surface area contributed by atoms with Crippen LogP contribution in [0, 0.1) is 47.3 Å². The zero-order chi connectivity index (χ0) is 35.8. The highest BCUT2D eigenvalue weighted by Gasteiger charge is 2.53. The third kappa shape index (κ3) is 5.62. The number of fused-ring (bicyclic) bond motifs is 3. The van der Waals surface area contributed by atoms with E-state index in [0.29, 0.717) is 75.7 Å². The van der Waals surface area contributed by atoms with E-state index < -0.39 is 18.2 Å². The molecule has 0 radical (unpaired) electrons. The topological polar surface area (TPSA) is 101 Å². The predicted octanol–water partition coefficient (Wildman–Crippen LogP) is 7.29. The van der Waals surface area contributed by atoms with Gasteiger partial charge in [-0.1, -0.05) is 46.6 Å². The molecule has 2 aromatic carbocycles. The van der Waals surface area contributed by atoms with Crippen LogP contribution >= 0.6 is 0 Å². The summed E-state index contributed by atoms with van der Waals surface area (Å²) < 4.78 is 24.3. The summed E-state index contributed by atoms with van der Waals surface area (Å²) in [7, 11) is 7.52. The number of piperidine rings is 2. The van der Waals surface area contributed by atoms with Crippen molar-refractivity contribution in [3.8, 4) is 28.7 Å². The van der Waals surface area contributed by atoms with E-state index in [1.807, 2.05) is 18.2 Å². The fraction of sp³-hybridized carbons (Fsp3) is 0.683. The van der Waals surface area contributed by atoms with Crippen LogP contribution in [-0.4, -0.2) is 73.5 Å². The van der Waals surface area contributed by atoms with E-state index in [0.717, 1.165) is 37.1 Å². The van der Waals surface area contributed by atoms with Gasteiger partial charge in [0.25, 0.3) is 0 Å². The molecule has 50 heavy (non-hydrogen) atoms. The van der Waals surface area contributed by atoms with E-state index in [1.165, 1.54) is 19.8 Å². The smallest absolute Gasteiger partial charge is 0.303 e. The first-order valence-corrected chi connectivity index (χ1v) is 18.9. The molecule has 2 aliphatic carbocycles. The number of phenols is 2. The number of hydrogen-bond acceptors (Lipinski definition) is 9. The maximum absolute atomic E-state index is 12.9. The number of phenolic OH excluding ortho intramolecular Hbond substituents is 2. The number of esters is 1. The zero-order valence-corrected chi connectivity index (χ0v) is 31.4. The molecule has 7 rings (SSSR count). The number of benzene rings is 2. The molecule has 0 amide bonds. The van der Waals surface area contributed by atoms with E-state index in [-0.39, 0.29) is 30.0 Å². The molecular formula is C41H58N2O7. The van der Waals surface area contributed by atoms with Crippen molar-refractivity contribution in [3.05, 3.63) is 40.5 Å². The fourth-order valence-corrected chi connectivity index (χ4v) is 11.6. The van der Waals surface area contributed by atoms with Crippen LogP contribution < -0.4 is 14.2 Å². The van der Waals surface area contributed by atoms with Gasteiger partial charge in [0.1, 0.15) is 23.4 Å². The second kappa shape index (κ2) is 13.4. The summed E-state index contributed by atoms with van der Waals surface area (Å²) in [4.78, 5) is 17.4. The molecule has 0 spiro atoms. The molecule has 0 aromatic heterocycles. The van der Waals surface area contributed by atoms with Crippen LogP contribution in [-0.2, 0) is 16.0 Å². The van der Waals surface area contributed by atoms with Gasteiger partial charge in [-0.25, -0.2) is 0 Å². The molecule has 3 aliphatic heterocycles. The minimum absolute atomic E-state index is 0.0799. The number of hydrogen-bond donors (Lipinski definition) is 2. The van der Waals surface area contributed by atoms with E-state index in [4.69, 9.17) is 18.9 Å². The lowest BCUT2D eigenvalue weighted by Crippen LogP contribution is -2.47. The molecular weight excluding hydrogens is 632 g/mol. The molecule has 4 fully saturated rings. The Morgan fingerprint density at radius 2 is 1.34 bits per heavy atom. The van der Waals surface area contributed by atoms with Crippen molar-refractivity contribution < 1.29 is 34.0 Å². The van der Waals surface area contributed by atoms with Crippen molar-refractivity contribution in [3.63, 3.8) is 0 Å². The van der Waals surface area contributed by atoms with Gasteiger partial charge in [-0.3, -0.25) is 14.6 Å². The summed E-state index contributed by atoms with van der Waals surface area (Å²) in [6.07, 6.45) is 3.51. The van der Waals surface area contributed by atoms with Gasteiger partial charge >= 0.3 is 5.97 Å². The van der Waals surface area contributed by atoms with Gasteiger partial charge in [0.15, 0.2) is 17.6 Å². The van der Waals surface area contributed by atoms with Crippen LogP contribution in [0.4, 0.5) is 0 Å². The van der Waals surface area contributed by atoms with Crippen LogP contribution in [0.15, 0.2) is 18.2 Å². The van der Waals surface area contributed by atoms with Crippen molar-refractivity contribution in [2.24, 2.45) is 47.3 Å². The third-order valence-electron chi connectivity index (χ3n) is 13.7. The number of likely N-dealkylation sites (tertiary alicyclic amines) is 2. The largest absolute Gasteiger partial charge is 0.507 e. The maximum Gasteiger partial charge on any atom is 0.303 e. The number of ether oxygens (including phenoxy) is 4. The van der Waals surface area contributed by atoms with Crippen LogP contribution in [0.5, 0.6) is 28.7 Å².